The summed E-state index contributed by atoms with van der Waals surface area (Å²) in [5.74, 6) is -0.586. The van der Waals surface area contributed by atoms with Gasteiger partial charge >= 0.3 is 21.5 Å². The summed E-state index contributed by atoms with van der Waals surface area (Å²) in [7, 11) is -5.34. The molecule has 34 heavy (non-hydrogen) atoms. The Morgan fingerprint density at radius 1 is 1.24 bits per heavy atom. The number of nitrogens with zero attached hydrogens (tertiary/aromatic N) is 3. The SMILES string of the molecule is Cc1nc2ccccn2c1CNC(CC1CCN(S(=O)(=O)C(F)(F)F)CC1)C(=O)OC(C)(C)C. The van der Waals surface area contributed by atoms with E-state index in [-0.39, 0.29) is 31.8 Å². The number of imidazole rings is 1. The van der Waals surface area contributed by atoms with E-state index in [1.807, 2.05) is 35.7 Å². The number of carbonyl (C=O) groups is 1. The number of piperidine rings is 1. The predicted octanol–water partition coefficient (Wildman–Crippen LogP) is 3.39. The number of rotatable bonds is 7. The lowest BCUT2D eigenvalue weighted by atomic mass is 9.91. The monoisotopic (exact) mass is 504 g/mol. The van der Waals surface area contributed by atoms with Crippen molar-refractivity contribution in [2.45, 2.75) is 70.7 Å². The fourth-order valence-electron chi connectivity index (χ4n) is 4.10. The number of ether oxygens (including phenoxy) is 1. The van der Waals surface area contributed by atoms with Crippen LogP contribution in [-0.2, 0) is 26.1 Å². The van der Waals surface area contributed by atoms with Crippen LogP contribution in [0, 0.1) is 12.8 Å². The number of nitrogens with one attached hydrogen (secondary N) is 1. The van der Waals surface area contributed by atoms with E-state index >= 15 is 0 Å². The summed E-state index contributed by atoms with van der Waals surface area (Å²) >= 11 is 0. The van der Waals surface area contributed by atoms with Crippen LogP contribution in [0.15, 0.2) is 24.4 Å². The van der Waals surface area contributed by atoms with Gasteiger partial charge in [0.2, 0.25) is 0 Å². The highest BCUT2D eigenvalue weighted by Gasteiger charge is 2.50. The number of hydrogen-bond donors (Lipinski definition) is 1. The van der Waals surface area contributed by atoms with E-state index in [1.165, 1.54) is 0 Å². The first kappa shape index (κ1) is 26.4. The topological polar surface area (TPSA) is 93.0 Å². The van der Waals surface area contributed by atoms with Gasteiger partial charge in [0.1, 0.15) is 17.3 Å². The van der Waals surface area contributed by atoms with E-state index in [1.54, 1.807) is 20.8 Å². The van der Waals surface area contributed by atoms with Crippen molar-refractivity contribution in [1.82, 2.24) is 19.0 Å². The Hall–Kier alpha value is -2.18. The zero-order chi connectivity index (χ0) is 25.3. The summed E-state index contributed by atoms with van der Waals surface area (Å²) < 4.78 is 69.9. The lowest BCUT2D eigenvalue weighted by Gasteiger charge is -2.33. The largest absolute Gasteiger partial charge is 0.511 e. The predicted molar refractivity (Wildman–Crippen MR) is 120 cm³/mol. The minimum atomic E-state index is -5.34. The van der Waals surface area contributed by atoms with Crippen LogP contribution in [-0.4, -0.2) is 58.3 Å². The quantitative estimate of drug-likeness (QED) is 0.581. The van der Waals surface area contributed by atoms with Crippen LogP contribution >= 0.6 is 0 Å². The third kappa shape index (κ3) is 6.08. The molecule has 1 aliphatic heterocycles. The van der Waals surface area contributed by atoms with Crippen molar-refractivity contribution < 1.29 is 31.1 Å². The van der Waals surface area contributed by atoms with Gasteiger partial charge in [-0.3, -0.25) is 10.1 Å². The van der Waals surface area contributed by atoms with E-state index in [0.29, 0.717) is 17.3 Å². The fourth-order valence-corrected chi connectivity index (χ4v) is 5.08. The second-order valence-electron chi connectivity index (χ2n) is 9.57. The number of esters is 1. The molecule has 12 heteroatoms. The van der Waals surface area contributed by atoms with Gasteiger partial charge < -0.3 is 9.14 Å². The maximum Gasteiger partial charge on any atom is 0.511 e. The van der Waals surface area contributed by atoms with Crippen molar-refractivity contribution in [3.8, 4) is 0 Å². The van der Waals surface area contributed by atoms with Gasteiger partial charge in [-0.05, 0) is 65.0 Å². The smallest absolute Gasteiger partial charge is 0.459 e. The molecule has 0 spiro atoms. The zero-order valence-electron chi connectivity index (χ0n) is 19.7. The van der Waals surface area contributed by atoms with Gasteiger partial charge in [-0.1, -0.05) is 6.07 Å². The molecule has 8 nitrogen and oxygen atoms in total. The number of carbonyl (C=O) groups excluding carboxylic acids is 1. The van der Waals surface area contributed by atoms with Crippen LogP contribution in [0.1, 0.15) is 51.4 Å². The van der Waals surface area contributed by atoms with Crippen LogP contribution in [0.2, 0.25) is 0 Å². The number of aryl methyl sites for hydroxylation is 1. The molecule has 1 aliphatic rings. The first-order valence-corrected chi connectivity index (χ1v) is 12.6. The second-order valence-corrected chi connectivity index (χ2v) is 11.5. The first-order valence-electron chi connectivity index (χ1n) is 11.1. The molecule has 0 amide bonds. The van der Waals surface area contributed by atoms with Gasteiger partial charge in [0.15, 0.2) is 0 Å². The molecule has 0 radical (unpaired) electrons. The van der Waals surface area contributed by atoms with Crippen LogP contribution in [0.4, 0.5) is 13.2 Å². The summed E-state index contributed by atoms with van der Waals surface area (Å²) in [4.78, 5) is 17.4. The van der Waals surface area contributed by atoms with Crippen LogP contribution in [0.25, 0.3) is 5.65 Å². The Kier molecular flexibility index (Phi) is 7.63. The molecule has 1 fully saturated rings. The molecular formula is C22H31F3N4O4S. The maximum atomic E-state index is 12.9. The minimum absolute atomic E-state index is 0.131. The lowest BCUT2D eigenvalue weighted by Crippen LogP contribution is -2.47. The molecule has 1 saturated heterocycles. The standard InChI is InChI=1S/C22H31F3N4O4S/c1-15-18(29-10-6-5-7-19(29)27-15)14-26-17(20(30)33-21(2,3)4)13-16-8-11-28(12-9-16)34(31,32)22(23,24)25/h5-7,10,16-17,26H,8-9,11-14H2,1-4H3. The second kappa shape index (κ2) is 9.82. The first-order chi connectivity index (χ1) is 15.7. The van der Waals surface area contributed by atoms with Crippen molar-refractivity contribution in [1.29, 1.82) is 0 Å². The van der Waals surface area contributed by atoms with Crippen molar-refractivity contribution in [3.05, 3.63) is 35.8 Å². The van der Waals surface area contributed by atoms with E-state index < -0.39 is 33.1 Å². The molecule has 2 aromatic heterocycles. The van der Waals surface area contributed by atoms with Gasteiger partial charge in [0, 0.05) is 25.8 Å². The molecule has 3 heterocycles. The number of sulfonamides is 1. The Bertz CT molecular complexity index is 1120. The van der Waals surface area contributed by atoms with E-state index in [2.05, 4.69) is 10.3 Å². The van der Waals surface area contributed by atoms with Gasteiger partial charge in [-0.15, -0.1) is 0 Å². The van der Waals surface area contributed by atoms with Crippen molar-refractivity contribution in [3.63, 3.8) is 0 Å². The summed E-state index contributed by atoms with van der Waals surface area (Å²) in [5, 5.41) is 3.24. The number of pyridine rings is 1. The Morgan fingerprint density at radius 2 is 1.88 bits per heavy atom. The van der Waals surface area contributed by atoms with Crippen molar-refractivity contribution in [2.75, 3.05) is 13.1 Å². The lowest BCUT2D eigenvalue weighted by molar-refractivity contribution is -0.158. The molecule has 1 unspecified atom stereocenters. The summed E-state index contributed by atoms with van der Waals surface area (Å²) in [6.45, 7) is 7.02. The number of alkyl halides is 3. The Balaban J connectivity index is 1.70. The van der Waals surface area contributed by atoms with Gasteiger partial charge in [0.25, 0.3) is 0 Å². The van der Waals surface area contributed by atoms with E-state index in [0.717, 1.165) is 17.0 Å². The highest BCUT2D eigenvalue weighted by atomic mass is 32.2. The molecule has 0 aliphatic carbocycles. The molecule has 0 saturated carbocycles. The zero-order valence-corrected chi connectivity index (χ0v) is 20.5. The van der Waals surface area contributed by atoms with Gasteiger partial charge in [-0.2, -0.15) is 17.5 Å². The third-order valence-corrected chi connectivity index (χ3v) is 7.44. The minimum Gasteiger partial charge on any atom is -0.459 e. The summed E-state index contributed by atoms with van der Waals surface area (Å²) in [5.41, 5.74) is -3.54. The normalized spacial score (nSPS) is 17.7. The van der Waals surface area contributed by atoms with Crippen LogP contribution < -0.4 is 5.32 Å². The molecule has 0 bridgehead atoms. The van der Waals surface area contributed by atoms with E-state index in [4.69, 9.17) is 4.74 Å². The van der Waals surface area contributed by atoms with Crippen molar-refractivity contribution in [2.24, 2.45) is 5.92 Å². The van der Waals surface area contributed by atoms with Crippen LogP contribution in [0.3, 0.4) is 0 Å². The number of aromatic nitrogens is 2. The molecule has 0 aromatic carbocycles. The number of hydrogen-bond acceptors (Lipinski definition) is 6. The molecule has 3 rings (SSSR count). The van der Waals surface area contributed by atoms with Crippen LogP contribution in [0.5, 0.6) is 0 Å². The Morgan fingerprint density at radius 3 is 2.47 bits per heavy atom. The summed E-state index contributed by atoms with van der Waals surface area (Å²) in [6, 6.07) is 4.94. The molecule has 1 atom stereocenters. The molecule has 190 valence electrons. The third-order valence-electron chi connectivity index (χ3n) is 5.81. The highest BCUT2D eigenvalue weighted by molar-refractivity contribution is 7.90. The van der Waals surface area contributed by atoms with Crippen molar-refractivity contribution >= 4 is 21.6 Å². The fraction of sp³-hybridized carbons (Fsp3) is 0.636. The number of fused-ring (bicyclic) bond motifs is 1. The average Bonchev–Trinajstić information content (AvgIpc) is 3.04. The molecule has 1 N–H and O–H groups in total. The molecular weight excluding hydrogens is 473 g/mol. The highest BCUT2D eigenvalue weighted by Crippen LogP contribution is 2.31. The van der Waals surface area contributed by atoms with Gasteiger partial charge in [0.05, 0.1) is 11.4 Å². The summed E-state index contributed by atoms with van der Waals surface area (Å²) in [6.07, 6.45) is 2.66. The molecule has 2 aromatic rings. The maximum absolute atomic E-state index is 12.9. The van der Waals surface area contributed by atoms with E-state index in [9.17, 15) is 26.4 Å². The number of halogens is 3. The Labute approximate surface area is 197 Å². The van der Waals surface area contributed by atoms with Gasteiger partial charge in [-0.25, -0.2) is 13.4 Å². The average molecular weight is 505 g/mol.